The molecule has 1 heterocycles. The molecule has 98 valence electrons. The molecule has 2 rings (SSSR count). The Labute approximate surface area is 110 Å². The first-order chi connectivity index (χ1) is 8.90. The molecule has 0 radical (unpaired) electrons. The topological polar surface area (TPSA) is 29.9 Å². The van der Waals surface area contributed by atoms with Crippen LogP contribution in [0.4, 0.5) is 0 Å². The summed E-state index contributed by atoms with van der Waals surface area (Å²) in [4.78, 5) is 0. The summed E-state index contributed by atoms with van der Waals surface area (Å²) in [5.74, 6) is 5.96. The Morgan fingerprint density at radius 1 is 1.39 bits per heavy atom. The molecule has 0 amide bonds. The van der Waals surface area contributed by atoms with Crippen molar-refractivity contribution < 1.29 is 0 Å². The predicted molar refractivity (Wildman–Crippen MR) is 74.1 cm³/mol. The molecule has 0 unspecified atom stereocenters. The summed E-state index contributed by atoms with van der Waals surface area (Å²) in [7, 11) is 0. The molecule has 1 aliphatic carbocycles. The molecular weight excluding hydrogens is 222 g/mol. The van der Waals surface area contributed by atoms with Gasteiger partial charge < -0.3 is 5.32 Å². The highest BCUT2D eigenvalue weighted by atomic mass is 15.3. The molecule has 1 N–H and O–H groups in total. The summed E-state index contributed by atoms with van der Waals surface area (Å²) in [5.41, 5.74) is 1.14. The second-order valence-corrected chi connectivity index (χ2v) is 4.93. The lowest BCUT2D eigenvalue weighted by Crippen LogP contribution is -2.16. The van der Waals surface area contributed by atoms with Gasteiger partial charge in [0.1, 0.15) is 0 Å². The van der Waals surface area contributed by atoms with Crippen molar-refractivity contribution in [2.75, 3.05) is 6.54 Å². The zero-order valence-corrected chi connectivity index (χ0v) is 11.3. The van der Waals surface area contributed by atoms with Crippen LogP contribution < -0.4 is 5.32 Å². The molecule has 1 aromatic rings. The van der Waals surface area contributed by atoms with E-state index in [-0.39, 0.29) is 0 Å². The Balaban J connectivity index is 1.76. The maximum Gasteiger partial charge on any atom is 0.0762 e. The van der Waals surface area contributed by atoms with E-state index < -0.39 is 0 Å². The predicted octanol–water partition coefficient (Wildman–Crippen LogP) is 2.89. The fraction of sp³-hybridized carbons (Fsp3) is 0.667. The summed E-state index contributed by atoms with van der Waals surface area (Å²) in [6.07, 6.45) is 9.74. The molecule has 0 atom stereocenters. The normalized spacial score (nSPS) is 16.3. The highest BCUT2D eigenvalue weighted by molar-refractivity contribution is 5.00. The Morgan fingerprint density at radius 3 is 3.00 bits per heavy atom. The second kappa shape index (κ2) is 7.23. The highest BCUT2D eigenvalue weighted by Gasteiger charge is 2.15. The maximum atomic E-state index is 4.67. The van der Waals surface area contributed by atoms with Gasteiger partial charge in [0.2, 0.25) is 0 Å². The second-order valence-electron chi connectivity index (χ2n) is 4.93. The van der Waals surface area contributed by atoms with Crippen molar-refractivity contribution in [1.29, 1.82) is 0 Å². The van der Waals surface area contributed by atoms with Gasteiger partial charge in [0.15, 0.2) is 0 Å². The molecule has 0 aliphatic heterocycles. The molecule has 1 fully saturated rings. The average molecular weight is 245 g/mol. The smallest absolute Gasteiger partial charge is 0.0762 e. The first-order valence-electron chi connectivity index (χ1n) is 7.04. The minimum atomic E-state index is 0.637. The molecule has 0 spiro atoms. The van der Waals surface area contributed by atoms with Crippen LogP contribution in [-0.2, 0) is 6.54 Å². The Hall–Kier alpha value is -1.27. The molecule has 0 aromatic carbocycles. The average Bonchev–Trinajstić information content (AvgIpc) is 2.88. The third kappa shape index (κ3) is 3.89. The van der Waals surface area contributed by atoms with Gasteiger partial charge in [-0.3, -0.25) is 4.68 Å². The van der Waals surface area contributed by atoms with Crippen LogP contribution in [0.2, 0.25) is 0 Å². The van der Waals surface area contributed by atoms with Gasteiger partial charge in [-0.25, -0.2) is 0 Å². The van der Waals surface area contributed by atoms with Crippen molar-refractivity contribution in [2.45, 2.75) is 58.0 Å². The van der Waals surface area contributed by atoms with Crippen LogP contribution in [0.1, 0.15) is 57.2 Å². The van der Waals surface area contributed by atoms with E-state index >= 15 is 0 Å². The zero-order chi connectivity index (χ0) is 12.6. The molecule has 1 aliphatic rings. The maximum absolute atomic E-state index is 4.67. The lowest BCUT2D eigenvalue weighted by Gasteiger charge is -2.21. The van der Waals surface area contributed by atoms with E-state index in [4.69, 9.17) is 0 Å². The first-order valence-corrected chi connectivity index (χ1v) is 7.04. The molecular formula is C15H23N3. The van der Waals surface area contributed by atoms with Crippen LogP contribution in [0.3, 0.4) is 0 Å². The number of aromatic nitrogens is 2. The molecule has 0 saturated heterocycles. The number of nitrogens with one attached hydrogen (secondary N) is 1. The van der Waals surface area contributed by atoms with Gasteiger partial charge in [0.25, 0.3) is 0 Å². The first kappa shape index (κ1) is 13.2. The van der Waals surface area contributed by atoms with Gasteiger partial charge in [0, 0.05) is 25.7 Å². The number of nitrogens with zero attached hydrogens (tertiary/aromatic N) is 2. The van der Waals surface area contributed by atoms with Crippen LogP contribution in [0.5, 0.6) is 0 Å². The molecule has 1 saturated carbocycles. The van der Waals surface area contributed by atoms with Gasteiger partial charge in [-0.05, 0) is 25.8 Å². The van der Waals surface area contributed by atoms with E-state index in [9.17, 15) is 0 Å². The van der Waals surface area contributed by atoms with E-state index in [1.54, 1.807) is 0 Å². The number of rotatable bonds is 5. The minimum Gasteiger partial charge on any atom is -0.310 e. The summed E-state index contributed by atoms with van der Waals surface area (Å²) >= 11 is 0. The Bertz CT molecular complexity index is 405. The van der Waals surface area contributed by atoms with Crippen LogP contribution in [0.15, 0.2) is 12.3 Å². The zero-order valence-electron chi connectivity index (χ0n) is 11.3. The van der Waals surface area contributed by atoms with Crippen molar-refractivity contribution in [3.05, 3.63) is 18.0 Å². The summed E-state index contributed by atoms with van der Waals surface area (Å²) in [5, 5.41) is 8.04. The van der Waals surface area contributed by atoms with Crippen LogP contribution in [0.25, 0.3) is 0 Å². The summed E-state index contributed by atoms with van der Waals surface area (Å²) < 4.78 is 2.17. The van der Waals surface area contributed by atoms with Crippen LogP contribution in [-0.4, -0.2) is 16.3 Å². The summed E-state index contributed by atoms with van der Waals surface area (Å²) in [6, 6.07) is 2.77. The van der Waals surface area contributed by atoms with Gasteiger partial charge in [0.05, 0.1) is 11.7 Å². The number of hydrogen-bond acceptors (Lipinski definition) is 2. The van der Waals surface area contributed by atoms with Gasteiger partial charge in [-0.1, -0.05) is 19.3 Å². The Kier molecular flexibility index (Phi) is 5.29. The molecule has 1 aromatic heterocycles. The van der Waals surface area contributed by atoms with Crippen LogP contribution >= 0.6 is 0 Å². The third-order valence-electron chi connectivity index (χ3n) is 3.52. The lowest BCUT2D eigenvalue weighted by molar-refractivity contribution is 0.328. The van der Waals surface area contributed by atoms with E-state index in [1.165, 1.54) is 32.1 Å². The van der Waals surface area contributed by atoms with Crippen molar-refractivity contribution >= 4 is 0 Å². The van der Waals surface area contributed by atoms with Gasteiger partial charge in [-0.15, -0.1) is 11.8 Å². The van der Waals surface area contributed by atoms with Crippen molar-refractivity contribution in [3.8, 4) is 11.8 Å². The van der Waals surface area contributed by atoms with E-state index in [0.29, 0.717) is 6.04 Å². The van der Waals surface area contributed by atoms with E-state index in [0.717, 1.165) is 25.2 Å². The summed E-state index contributed by atoms with van der Waals surface area (Å²) in [6.45, 7) is 3.67. The molecule has 3 heteroatoms. The molecule has 3 nitrogen and oxygen atoms in total. The van der Waals surface area contributed by atoms with Gasteiger partial charge >= 0.3 is 0 Å². The highest BCUT2D eigenvalue weighted by Crippen LogP contribution is 2.27. The fourth-order valence-electron chi connectivity index (χ4n) is 2.51. The fourth-order valence-corrected chi connectivity index (χ4v) is 2.51. The third-order valence-corrected chi connectivity index (χ3v) is 3.52. The number of hydrogen-bond donors (Lipinski definition) is 1. The van der Waals surface area contributed by atoms with Crippen molar-refractivity contribution in [1.82, 2.24) is 15.1 Å². The van der Waals surface area contributed by atoms with Crippen LogP contribution in [0, 0.1) is 11.8 Å². The molecule has 0 bridgehead atoms. The van der Waals surface area contributed by atoms with Gasteiger partial charge in [-0.2, -0.15) is 5.10 Å². The SMILES string of the molecule is CC#CCCNCc1ccn(C2CCCCC2)n1. The van der Waals surface area contributed by atoms with E-state index in [2.05, 4.69) is 39.2 Å². The molecule has 18 heavy (non-hydrogen) atoms. The monoisotopic (exact) mass is 245 g/mol. The Morgan fingerprint density at radius 2 is 2.22 bits per heavy atom. The van der Waals surface area contributed by atoms with Crippen molar-refractivity contribution in [3.63, 3.8) is 0 Å². The largest absolute Gasteiger partial charge is 0.310 e. The standard InChI is InChI=1S/C15H23N3/c1-2-3-7-11-16-13-14-10-12-18(17-14)15-8-5-4-6-9-15/h10,12,15-16H,4-9,11,13H2,1H3. The minimum absolute atomic E-state index is 0.637. The quantitative estimate of drug-likeness (QED) is 0.638. The lowest BCUT2D eigenvalue weighted by atomic mass is 9.96. The van der Waals surface area contributed by atoms with Crippen molar-refractivity contribution in [2.24, 2.45) is 0 Å². The van der Waals surface area contributed by atoms with E-state index in [1.807, 2.05) is 6.92 Å².